The highest BCUT2D eigenvalue weighted by Crippen LogP contribution is 2.32. The summed E-state index contributed by atoms with van der Waals surface area (Å²) in [5.41, 5.74) is 0.801. The fourth-order valence-electron chi connectivity index (χ4n) is 4.02. The van der Waals surface area contributed by atoms with Gasteiger partial charge in [-0.1, -0.05) is 0 Å². The Hall–Kier alpha value is -2.67. The number of aromatic nitrogens is 1. The number of nitrogens with zero attached hydrogens (tertiary/aromatic N) is 2. The lowest BCUT2D eigenvalue weighted by Gasteiger charge is -2.49. The molecule has 7 heteroatoms. The maximum atomic E-state index is 12.6. The Balaban J connectivity index is 1.39. The van der Waals surface area contributed by atoms with Gasteiger partial charge in [0.15, 0.2) is 5.78 Å². The third-order valence-electron chi connectivity index (χ3n) is 5.64. The summed E-state index contributed by atoms with van der Waals surface area (Å²) < 4.78 is 10.6. The highest BCUT2D eigenvalue weighted by molar-refractivity contribution is 5.94. The van der Waals surface area contributed by atoms with Gasteiger partial charge in [0.05, 0.1) is 0 Å². The van der Waals surface area contributed by atoms with Gasteiger partial charge < -0.3 is 14.5 Å². The second kappa shape index (κ2) is 7.15. The lowest BCUT2D eigenvalue weighted by molar-refractivity contribution is 0.0217. The number of carbonyl (C=O) groups excluding carboxylic acids is 2. The number of fused-ring (bicyclic) bond motifs is 3. The predicted molar refractivity (Wildman–Crippen MR) is 98.0 cm³/mol. The summed E-state index contributed by atoms with van der Waals surface area (Å²) in [5, 5.41) is 3.21. The monoisotopic (exact) mass is 369 g/mol. The molecule has 1 amide bonds. The van der Waals surface area contributed by atoms with E-state index in [2.05, 4.69) is 22.1 Å². The van der Waals surface area contributed by atoms with Gasteiger partial charge in [-0.25, -0.2) is 0 Å². The molecule has 5 rings (SSSR count). The Morgan fingerprint density at radius 3 is 2.52 bits per heavy atom. The van der Waals surface area contributed by atoms with Crippen molar-refractivity contribution in [2.75, 3.05) is 13.1 Å². The van der Waals surface area contributed by atoms with E-state index in [1.54, 1.807) is 24.3 Å². The van der Waals surface area contributed by atoms with Crippen LogP contribution in [0.2, 0.25) is 0 Å². The van der Waals surface area contributed by atoms with E-state index in [-0.39, 0.29) is 29.5 Å². The first-order valence-electron chi connectivity index (χ1n) is 9.30. The second-order valence-corrected chi connectivity index (χ2v) is 7.29. The molecular weight excluding hydrogens is 346 g/mol. The normalized spacial score (nSPS) is 26.6. The van der Waals surface area contributed by atoms with Crippen LogP contribution in [0.1, 0.15) is 47.5 Å². The van der Waals surface area contributed by atoms with Gasteiger partial charge in [-0.3, -0.25) is 14.5 Å². The van der Waals surface area contributed by atoms with Gasteiger partial charge in [-0.05, 0) is 63.0 Å². The van der Waals surface area contributed by atoms with E-state index < -0.39 is 0 Å². The van der Waals surface area contributed by atoms with Crippen LogP contribution in [-0.2, 0) is 0 Å². The van der Waals surface area contributed by atoms with Crippen molar-refractivity contribution < 1.29 is 18.7 Å². The summed E-state index contributed by atoms with van der Waals surface area (Å²) in [6.07, 6.45) is 3.56. The molecule has 0 aliphatic carbocycles. The highest BCUT2D eigenvalue weighted by Gasteiger charge is 2.40. The van der Waals surface area contributed by atoms with Crippen LogP contribution in [0.3, 0.4) is 0 Å². The van der Waals surface area contributed by atoms with Crippen molar-refractivity contribution >= 4 is 11.7 Å². The minimum absolute atomic E-state index is 0.00138. The number of rotatable bonds is 5. The number of nitrogens with one attached hydrogen (secondary N) is 1. The van der Waals surface area contributed by atoms with Gasteiger partial charge in [-0.2, -0.15) is 4.98 Å². The standard InChI is InChI=1S/C20H23N3O4/c1-12-18(14-7-9-23(12)10-8-14)22-19(25)15-3-5-16(6-4-15)27-20-21-17(11-26-20)13(2)24/h3-6,11-12,14,18H,7-10H2,1-2H3,(H,22,25). The van der Waals surface area contributed by atoms with Crippen molar-refractivity contribution in [3.05, 3.63) is 41.8 Å². The van der Waals surface area contributed by atoms with Gasteiger partial charge in [0.25, 0.3) is 5.91 Å². The molecule has 2 bridgehead atoms. The average molecular weight is 369 g/mol. The summed E-state index contributed by atoms with van der Waals surface area (Å²) in [6, 6.07) is 7.38. The van der Waals surface area contributed by atoms with Crippen molar-refractivity contribution in [2.45, 2.75) is 38.8 Å². The van der Waals surface area contributed by atoms with Crippen LogP contribution in [-0.4, -0.2) is 46.7 Å². The fourth-order valence-corrected chi connectivity index (χ4v) is 4.02. The molecule has 2 unspecified atom stereocenters. The lowest BCUT2D eigenvalue weighted by Crippen LogP contribution is -2.62. The number of carbonyl (C=O) groups is 2. The number of ether oxygens (including phenoxy) is 1. The molecule has 3 aliphatic rings. The van der Waals surface area contributed by atoms with Gasteiger partial charge >= 0.3 is 6.08 Å². The average Bonchev–Trinajstić information content (AvgIpc) is 3.14. The van der Waals surface area contributed by atoms with Gasteiger partial charge in [0.1, 0.15) is 17.7 Å². The molecule has 7 nitrogen and oxygen atoms in total. The number of hydrogen-bond acceptors (Lipinski definition) is 6. The molecule has 0 saturated carbocycles. The van der Waals surface area contributed by atoms with Crippen LogP contribution in [0.4, 0.5) is 0 Å². The number of oxazole rings is 1. The molecule has 0 spiro atoms. The summed E-state index contributed by atoms with van der Waals surface area (Å²) in [5.74, 6) is 0.793. The van der Waals surface area contributed by atoms with Crippen molar-refractivity contribution in [3.63, 3.8) is 0 Å². The predicted octanol–water partition coefficient (Wildman–Crippen LogP) is 2.88. The second-order valence-electron chi connectivity index (χ2n) is 7.29. The minimum Gasteiger partial charge on any atom is -0.416 e. The molecule has 3 fully saturated rings. The van der Waals surface area contributed by atoms with Crippen LogP contribution in [0.15, 0.2) is 34.9 Å². The van der Waals surface area contributed by atoms with E-state index in [9.17, 15) is 9.59 Å². The molecule has 4 heterocycles. The van der Waals surface area contributed by atoms with E-state index in [4.69, 9.17) is 9.15 Å². The third-order valence-corrected chi connectivity index (χ3v) is 5.64. The van der Waals surface area contributed by atoms with E-state index in [0.29, 0.717) is 23.3 Å². The zero-order valence-electron chi connectivity index (χ0n) is 15.5. The first kappa shape index (κ1) is 17.7. The highest BCUT2D eigenvalue weighted by atomic mass is 16.6. The number of ketones is 1. The molecule has 1 aromatic heterocycles. The van der Waals surface area contributed by atoms with Gasteiger partial charge in [0, 0.05) is 24.6 Å². The summed E-state index contributed by atoms with van der Waals surface area (Å²) in [7, 11) is 0. The molecule has 0 radical (unpaired) electrons. The van der Waals surface area contributed by atoms with E-state index in [1.807, 2.05) is 0 Å². The van der Waals surface area contributed by atoms with Crippen LogP contribution in [0.25, 0.3) is 0 Å². The molecule has 142 valence electrons. The first-order valence-corrected chi connectivity index (χ1v) is 9.30. The molecule has 3 saturated heterocycles. The smallest absolute Gasteiger partial charge is 0.399 e. The maximum Gasteiger partial charge on any atom is 0.399 e. The summed E-state index contributed by atoms with van der Waals surface area (Å²) in [6.45, 7) is 5.87. The van der Waals surface area contributed by atoms with E-state index in [0.717, 1.165) is 25.9 Å². The van der Waals surface area contributed by atoms with Crippen LogP contribution < -0.4 is 10.1 Å². The zero-order chi connectivity index (χ0) is 19.0. The van der Waals surface area contributed by atoms with Crippen LogP contribution >= 0.6 is 0 Å². The Morgan fingerprint density at radius 2 is 1.93 bits per heavy atom. The number of benzene rings is 1. The molecule has 2 aromatic rings. The molecular formula is C20H23N3O4. The van der Waals surface area contributed by atoms with Gasteiger partial charge in [0.2, 0.25) is 0 Å². The molecule has 1 aromatic carbocycles. The number of amides is 1. The van der Waals surface area contributed by atoms with Crippen LogP contribution in [0, 0.1) is 5.92 Å². The fraction of sp³-hybridized carbons (Fsp3) is 0.450. The van der Waals surface area contributed by atoms with E-state index >= 15 is 0 Å². The number of Topliss-reactive ketones (excluding diaryl/α,β-unsaturated/α-hetero) is 1. The molecule has 2 atom stereocenters. The van der Waals surface area contributed by atoms with Gasteiger partial charge in [-0.15, -0.1) is 0 Å². The van der Waals surface area contributed by atoms with Crippen molar-refractivity contribution in [1.29, 1.82) is 0 Å². The van der Waals surface area contributed by atoms with Crippen LogP contribution in [0.5, 0.6) is 11.8 Å². The Kier molecular flexibility index (Phi) is 4.70. The quantitative estimate of drug-likeness (QED) is 0.816. The lowest BCUT2D eigenvalue weighted by atomic mass is 9.79. The Labute approximate surface area is 157 Å². The third kappa shape index (κ3) is 3.60. The van der Waals surface area contributed by atoms with Crippen molar-refractivity contribution in [1.82, 2.24) is 15.2 Å². The first-order chi connectivity index (χ1) is 13.0. The van der Waals surface area contributed by atoms with Crippen molar-refractivity contribution in [3.8, 4) is 11.8 Å². The molecule has 27 heavy (non-hydrogen) atoms. The summed E-state index contributed by atoms with van der Waals surface area (Å²) in [4.78, 5) is 30.3. The maximum absolute atomic E-state index is 12.6. The van der Waals surface area contributed by atoms with Crippen molar-refractivity contribution in [2.24, 2.45) is 5.92 Å². The minimum atomic E-state index is -0.192. The summed E-state index contributed by atoms with van der Waals surface area (Å²) >= 11 is 0. The SMILES string of the molecule is CC(=O)c1coc(Oc2ccc(C(=O)NC3C4CCN(CC4)C3C)cc2)n1. The number of piperidine rings is 3. The molecule has 3 aliphatic heterocycles. The largest absolute Gasteiger partial charge is 0.416 e. The Bertz CT molecular complexity index is 835. The van der Waals surface area contributed by atoms with E-state index in [1.165, 1.54) is 13.2 Å². The topological polar surface area (TPSA) is 84.7 Å². The molecule has 1 N–H and O–H groups in total. The zero-order valence-corrected chi connectivity index (χ0v) is 15.5. The number of hydrogen-bond donors (Lipinski definition) is 1. The Morgan fingerprint density at radius 1 is 1.22 bits per heavy atom.